The molecule has 0 radical (unpaired) electrons. The largest absolute Gasteiger partial charge is 0.271 e. The highest BCUT2D eigenvalue weighted by Crippen LogP contribution is 2.36. The minimum atomic E-state index is 0.217. The van der Waals surface area contributed by atoms with E-state index in [-0.39, 0.29) is 6.04 Å². The number of rotatable bonds is 5. The topological polar surface area (TPSA) is 63.8 Å². The number of nitrogens with one attached hydrogen (secondary N) is 1. The van der Waals surface area contributed by atoms with Crippen LogP contribution in [-0.2, 0) is 0 Å². The van der Waals surface area contributed by atoms with Gasteiger partial charge in [0.25, 0.3) is 0 Å². The van der Waals surface area contributed by atoms with Gasteiger partial charge in [-0.25, -0.2) is 0 Å². The normalized spacial score (nSPS) is 17.4. The summed E-state index contributed by atoms with van der Waals surface area (Å²) in [6.07, 6.45) is 5.14. The lowest BCUT2D eigenvalue weighted by Crippen LogP contribution is -2.29. The fraction of sp³-hybridized carbons (Fsp3) is 0.667. The maximum Gasteiger partial charge on any atom is 0.0648 e. The van der Waals surface area contributed by atoms with Crippen LogP contribution in [0, 0.1) is 19.8 Å². The molecular weight excluding hydrogens is 200 g/mol. The number of aromatic nitrogens is 2. The van der Waals surface area contributed by atoms with E-state index in [1.165, 1.54) is 24.8 Å². The summed E-state index contributed by atoms with van der Waals surface area (Å²) in [7, 11) is 0. The molecule has 1 atom stereocenters. The Morgan fingerprint density at radius 2 is 2.19 bits per heavy atom. The van der Waals surface area contributed by atoms with Crippen molar-refractivity contribution >= 4 is 0 Å². The Labute approximate surface area is 96.6 Å². The highest BCUT2D eigenvalue weighted by Gasteiger charge is 2.23. The van der Waals surface area contributed by atoms with Crippen LogP contribution in [0.15, 0.2) is 6.07 Å². The monoisotopic (exact) mass is 220 g/mol. The molecule has 4 heteroatoms. The molecule has 0 aliphatic heterocycles. The Morgan fingerprint density at radius 1 is 1.44 bits per heavy atom. The zero-order valence-electron chi connectivity index (χ0n) is 10.0. The molecule has 1 heterocycles. The molecule has 0 bridgehead atoms. The third-order valence-electron chi connectivity index (χ3n) is 3.28. The number of nitrogens with two attached hydrogens (primary N) is 1. The molecule has 4 nitrogen and oxygen atoms in total. The zero-order chi connectivity index (χ0) is 11.5. The summed E-state index contributed by atoms with van der Waals surface area (Å²) in [6.45, 7) is 3.95. The quantitative estimate of drug-likeness (QED) is 0.586. The van der Waals surface area contributed by atoms with E-state index in [4.69, 9.17) is 5.84 Å². The molecule has 3 N–H and O–H groups in total. The third-order valence-corrected chi connectivity index (χ3v) is 3.28. The average molecular weight is 220 g/mol. The van der Waals surface area contributed by atoms with Crippen molar-refractivity contribution in [1.82, 2.24) is 15.6 Å². The van der Waals surface area contributed by atoms with E-state index in [0.717, 1.165) is 23.7 Å². The molecule has 1 aliphatic carbocycles. The molecule has 1 aliphatic rings. The van der Waals surface area contributed by atoms with Crippen LogP contribution in [0.1, 0.15) is 48.7 Å². The number of hydrazine groups is 1. The maximum absolute atomic E-state index is 5.63. The van der Waals surface area contributed by atoms with Gasteiger partial charge >= 0.3 is 0 Å². The highest BCUT2D eigenvalue weighted by molar-refractivity contribution is 5.23. The number of aryl methyl sites for hydroxylation is 2. The van der Waals surface area contributed by atoms with Crippen molar-refractivity contribution < 1.29 is 0 Å². The fourth-order valence-electron chi connectivity index (χ4n) is 2.06. The lowest BCUT2D eigenvalue weighted by molar-refractivity contribution is 0.477. The second-order valence-electron chi connectivity index (χ2n) is 4.77. The van der Waals surface area contributed by atoms with Crippen LogP contribution in [0.4, 0.5) is 0 Å². The van der Waals surface area contributed by atoms with E-state index in [9.17, 15) is 0 Å². The molecule has 0 saturated heterocycles. The summed E-state index contributed by atoms with van der Waals surface area (Å²) < 4.78 is 0. The first kappa shape index (κ1) is 11.5. The van der Waals surface area contributed by atoms with E-state index in [1.54, 1.807) is 0 Å². The summed E-state index contributed by atoms with van der Waals surface area (Å²) >= 11 is 0. The Hall–Kier alpha value is -1.00. The molecule has 1 saturated carbocycles. The van der Waals surface area contributed by atoms with Gasteiger partial charge in [0.15, 0.2) is 0 Å². The lowest BCUT2D eigenvalue weighted by atomic mass is 10.00. The molecule has 88 valence electrons. The van der Waals surface area contributed by atoms with E-state index >= 15 is 0 Å². The second-order valence-corrected chi connectivity index (χ2v) is 4.77. The van der Waals surface area contributed by atoms with E-state index < -0.39 is 0 Å². The van der Waals surface area contributed by atoms with Gasteiger partial charge in [-0.05, 0) is 44.2 Å². The van der Waals surface area contributed by atoms with E-state index in [2.05, 4.69) is 21.7 Å². The minimum Gasteiger partial charge on any atom is -0.271 e. The Kier molecular flexibility index (Phi) is 3.51. The summed E-state index contributed by atoms with van der Waals surface area (Å²) in [5, 5.41) is 8.19. The van der Waals surface area contributed by atoms with Gasteiger partial charge in [0, 0.05) is 6.04 Å². The predicted molar refractivity (Wildman–Crippen MR) is 63.5 cm³/mol. The molecule has 2 rings (SSSR count). The molecule has 16 heavy (non-hydrogen) atoms. The van der Waals surface area contributed by atoms with Crippen LogP contribution < -0.4 is 11.3 Å². The van der Waals surface area contributed by atoms with E-state index in [0.29, 0.717) is 0 Å². The van der Waals surface area contributed by atoms with Crippen LogP contribution >= 0.6 is 0 Å². The van der Waals surface area contributed by atoms with Gasteiger partial charge in [-0.2, -0.15) is 10.2 Å². The summed E-state index contributed by atoms with van der Waals surface area (Å²) in [5.41, 5.74) is 6.02. The molecule has 0 amide bonds. The smallest absolute Gasteiger partial charge is 0.0648 e. The van der Waals surface area contributed by atoms with E-state index in [1.807, 2.05) is 13.8 Å². The summed E-state index contributed by atoms with van der Waals surface area (Å²) in [5.74, 6) is 6.57. The molecule has 0 spiro atoms. The molecule has 1 aromatic rings. The van der Waals surface area contributed by atoms with Crippen LogP contribution in [0.25, 0.3) is 0 Å². The van der Waals surface area contributed by atoms with Crippen molar-refractivity contribution in [2.45, 2.75) is 45.6 Å². The van der Waals surface area contributed by atoms with Crippen LogP contribution in [0.5, 0.6) is 0 Å². The van der Waals surface area contributed by atoms with Crippen molar-refractivity contribution in [2.75, 3.05) is 0 Å². The van der Waals surface area contributed by atoms with Gasteiger partial charge in [-0.15, -0.1) is 0 Å². The Balaban J connectivity index is 2.07. The first-order valence-electron chi connectivity index (χ1n) is 5.97. The highest BCUT2D eigenvalue weighted by atomic mass is 15.2. The molecule has 1 unspecified atom stereocenters. The molecule has 0 aromatic carbocycles. The van der Waals surface area contributed by atoms with Crippen LogP contribution in [-0.4, -0.2) is 10.2 Å². The SMILES string of the molecule is Cc1cc(C(CCC2CC2)NN)c(C)nn1. The first-order valence-corrected chi connectivity index (χ1v) is 5.97. The van der Waals surface area contributed by atoms with Gasteiger partial charge in [-0.3, -0.25) is 11.3 Å². The predicted octanol–water partition coefficient (Wildman–Crippen LogP) is 1.79. The standard InChI is InChI=1S/C12H20N4/c1-8-7-11(9(2)16-15-8)12(14-13)6-5-10-3-4-10/h7,10,12,14H,3-6,13H2,1-2H3. The summed E-state index contributed by atoms with van der Waals surface area (Å²) in [6, 6.07) is 2.30. The molecular formula is C12H20N4. The molecule has 1 aromatic heterocycles. The Bertz CT molecular complexity index is 360. The van der Waals surface area contributed by atoms with Crippen LogP contribution in [0.2, 0.25) is 0 Å². The maximum atomic E-state index is 5.63. The average Bonchev–Trinajstić information content (AvgIpc) is 3.07. The minimum absolute atomic E-state index is 0.217. The van der Waals surface area contributed by atoms with Gasteiger partial charge < -0.3 is 0 Å². The Morgan fingerprint density at radius 3 is 2.81 bits per heavy atom. The van der Waals surface area contributed by atoms with Crippen molar-refractivity contribution in [2.24, 2.45) is 11.8 Å². The van der Waals surface area contributed by atoms with Crippen molar-refractivity contribution in [3.05, 3.63) is 23.0 Å². The fourth-order valence-corrected chi connectivity index (χ4v) is 2.06. The zero-order valence-corrected chi connectivity index (χ0v) is 10.0. The van der Waals surface area contributed by atoms with Gasteiger partial charge in [-0.1, -0.05) is 12.8 Å². The van der Waals surface area contributed by atoms with Gasteiger partial charge in [0.2, 0.25) is 0 Å². The van der Waals surface area contributed by atoms with Crippen LogP contribution in [0.3, 0.4) is 0 Å². The number of hydrogen-bond acceptors (Lipinski definition) is 4. The van der Waals surface area contributed by atoms with Crippen molar-refractivity contribution in [3.63, 3.8) is 0 Å². The van der Waals surface area contributed by atoms with Crippen molar-refractivity contribution in [1.29, 1.82) is 0 Å². The van der Waals surface area contributed by atoms with Gasteiger partial charge in [0.05, 0.1) is 11.4 Å². The first-order chi connectivity index (χ1) is 7.70. The number of hydrogen-bond donors (Lipinski definition) is 2. The van der Waals surface area contributed by atoms with Gasteiger partial charge in [0.1, 0.15) is 0 Å². The lowest BCUT2D eigenvalue weighted by Gasteiger charge is -2.17. The third kappa shape index (κ3) is 2.77. The molecule has 1 fully saturated rings. The number of nitrogens with zero attached hydrogens (tertiary/aromatic N) is 2. The second kappa shape index (κ2) is 4.89. The summed E-state index contributed by atoms with van der Waals surface area (Å²) in [4.78, 5) is 0. The van der Waals surface area contributed by atoms with Crippen molar-refractivity contribution in [3.8, 4) is 0 Å².